The third-order valence-corrected chi connectivity index (χ3v) is 10.2. The van der Waals surface area contributed by atoms with E-state index in [1.54, 1.807) is 66.7 Å². The van der Waals surface area contributed by atoms with Gasteiger partial charge in [0.1, 0.15) is 0 Å². The van der Waals surface area contributed by atoms with Gasteiger partial charge in [0, 0.05) is 10.9 Å². The van der Waals surface area contributed by atoms with Gasteiger partial charge in [-0.2, -0.15) is 0 Å². The zero-order valence-electron chi connectivity index (χ0n) is 23.6. The van der Waals surface area contributed by atoms with Crippen LogP contribution in [0.1, 0.15) is 31.2 Å². The van der Waals surface area contributed by atoms with E-state index in [2.05, 4.69) is 0 Å². The predicted octanol–water partition coefficient (Wildman–Crippen LogP) is 5.49. The van der Waals surface area contributed by atoms with Crippen molar-refractivity contribution in [2.75, 3.05) is 16.9 Å². The van der Waals surface area contributed by atoms with E-state index >= 15 is 0 Å². The average Bonchev–Trinajstić information content (AvgIpc) is 3.37. The molecule has 8 nitrogen and oxygen atoms in total. The molecule has 4 aliphatic rings. The zero-order chi connectivity index (χ0) is 30.2. The number of nitrogens with zero attached hydrogens (tertiary/aromatic N) is 2. The quantitative estimate of drug-likeness (QED) is 0.316. The highest BCUT2D eigenvalue weighted by Gasteiger charge is 2.67. The largest absolute Gasteiger partial charge is 0.504 e. The van der Waals surface area contributed by atoms with E-state index in [9.17, 15) is 24.3 Å². The zero-order valence-corrected chi connectivity index (χ0v) is 24.3. The van der Waals surface area contributed by atoms with Crippen molar-refractivity contribution in [3.8, 4) is 11.5 Å². The fraction of sp³-hybridized carbons (Fsp3) is 0.294. The minimum absolute atomic E-state index is 0.0886. The Balaban J connectivity index is 1.37. The summed E-state index contributed by atoms with van der Waals surface area (Å²) < 4.78 is 5.27. The number of carbonyl (C=O) groups excluding carboxylic acids is 4. The number of hydrogen-bond donors (Lipinski definition) is 1. The molecule has 2 aliphatic carbocycles. The molecule has 1 N–H and O–H groups in total. The van der Waals surface area contributed by atoms with Crippen LogP contribution in [0.25, 0.3) is 0 Å². The summed E-state index contributed by atoms with van der Waals surface area (Å²) >= 11 is 6.07. The topological polar surface area (TPSA) is 104 Å². The minimum atomic E-state index is -1.19. The smallest absolute Gasteiger partial charge is 0.241 e. The first-order chi connectivity index (χ1) is 20.7. The fourth-order valence-corrected chi connectivity index (χ4v) is 8.08. The summed E-state index contributed by atoms with van der Waals surface area (Å²) in [5.41, 5.74) is 1.24. The van der Waals surface area contributed by atoms with Crippen molar-refractivity contribution in [3.63, 3.8) is 0 Å². The van der Waals surface area contributed by atoms with Crippen LogP contribution >= 0.6 is 11.6 Å². The Morgan fingerprint density at radius 1 is 0.860 bits per heavy atom. The molecule has 218 valence electrons. The molecule has 2 aliphatic heterocycles. The van der Waals surface area contributed by atoms with Gasteiger partial charge in [0.15, 0.2) is 11.5 Å². The molecule has 2 saturated heterocycles. The summed E-state index contributed by atoms with van der Waals surface area (Å²) in [5.74, 6) is -4.13. The second-order valence-electron chi connectivity index (χ2n) is 11.9. The molecule has 7 rings (SSSR count). The molecule has 6 atom stereocenters. The first-order valence-electron chi connectivity index (χ1n) is 14.3. The number of ether oxygens (including phenoxy) is 1. The summed E-state index contributed by atoms with van der Waals surface area (Å²) in [6.45, 7) is 1.82. The van der Waals surface area contributed by atoms with Crippen molar-refractivity contribution in [1.29, 1.82) is 0 Å². The number of allylic oxidation sites excluding steroid dienone is 2. The number of anilines is 2. The van der Waals surface area contributed by atoms with Crippen LogP contribution in [0.2, 0.25) is 5.02 Å². The van der Waals surface area contributed by atoms with Crippen molar-refractivity contribution < 1.29 is 29.0 Å². The van der Waals surface area contributed by atoms with Crippen LogP contribution in [0.5, 0.6) is 11.5 Å². The number of fused-ring (bicyclic) bond motifs is 4. The molecule has 3 aromatic carbocycles. The maximum absolute atomic E-state index is 14.4. The van der Waals surface area contributed by atoms with Crippen LogP contribution in [0.15, 0.2) is 84.4 Å². The van der Waals surface area contributed by atoms with Gasteiger partial charge in [0.2, 0.25) is 23.6 Å². The molecule has 0 bridgehead atoms. The lowest BCUT2D eigenvalue weighted by Crippen LogP contribution is -2.48. The maximum Gasteiger partial charge on any atom is 0.241 e. The van der Waals surface area contributed by atoms with Gasteiger partial charge in [-0.05, 0) is 79.8 Å². The maximum atomic E-state index is 14.4. The Morgan fingerprint density at radius 3 is 2.23 bits per heavy atom. The fourth-order valence-electron chi connectivity index (χ4n) is 7.95. The van der Waals surface area contributed by atoms with E-state index in [1.165, 1.54) is 16.9 Å². The Kier molecular flexibility index (Phi) is 6.25. The van der Waals surface area contributed by atoms with E-state index in [1.807, 2.05) is 19.1 Å². The van der Waals surface area contributed by atoms with Crippen molar-refractivity contribution in [3.05, 3.63) is 95.0 Å². The van der Waals surface area contributed by atoms with Gasteiger partial charge in [0.05, 0.1) is 41.7 Å². The van der Waals surface area contributed by atoms with Crippen molar-refractivity contribution in [2.45, 2.75) is 25.7 Å². The number of phenolic OH excluding ortho intramolecular Hbond substituents is 1. The number of benzene rings is 3. The molecule has 0 spiro atoms. The summed E-state index contributed by atoms with van der Waals surface area (Å²) in [5, 5.41) is 11.3. The van der Waals surface area contributed by atoms with Gasteiger partial charge in [-0.25, -0.2) is 4.90 Å². The summed E-state index contributed by atoms with van der Waals surface area (Å²) in [4.78, 5) is 58.9. The van der Waals surface area contributed by atoms with E-state index in [4.69, 9.17) is 16.3 Å². The highest BCUT2D eigenvalue weighted by atomic mass is 35.5. The molecule has 3 fully saturated rings. The first-order valence-corrected chi connectivity index (χ1v) is 14.7. The van der Waals surface area contributed by atoms with Gasteiger partial charge in [-0.3, -0.25) is 24.1 Å². The van der Waals surface area contributed by atoms with Crippen LogP contribution in [0.3, 0.4) is 0 Å². The highest BCUT2D eigenvalue weighted by Crippen LogP contribution is 2.64. The number of imide groups is 2. The standard InChI is InChI=1S/C34H29ClN2O6/c1-34-25(31(40)37(33(34)42)20-6-4-3-5-7-20)17-24-22(29(34)18-8-15-27(43-2)26(38)16-18)13-14-23-28(24)32(41)36(30(23)39)21-11-9-19(35)10-12-21/h3-13,15-16,23-25,28-29,38H,14,17H2,1-2H3. The van der Waals surface area contributed by atoms with Crippen molar-refractivity contribution in [2.24, 2.45) is 29.1 Å². The number of para-hydroxylation sites is 1. The number of halogens is 1. The van der Waals surface area contributed by atoms with Gasteiger partial charge in [-0.15, -0.1) is 0 Å². The number of hydrogen-bond acceptors (Lipinski definition) is 6. The molecule has 0 aromatic heterocycles. The molecule has 4 amide bonds. The number of aromatic hydroxyl groups is 1. The first kappa shape index (κ1) is 27.4. The van der Waals surface area contributed by atoms with E-state index in [0.717, 1.165) is 5.57 Å². The molecule has 0 radical (unpaired) electrons. The number of methoxy groups -OCH3 is 1. The normalized spacial score (nSPS) is 29.7. The predicted molar refractivity (Wildman–Crippen MR) is 160 cm³/mol. The van der Waals surface area contributed by atoms with Crippen LogP contribution in [0.4, 0.5) is 11.4 Å². The van der Waals surface area contributed by atoms with Crippen molar-refractivity contribution in [1.82, 2.24) is 0 Å². The second-order valence-corrected chi connectivity index (χ2v) is 12.4. The van der Waals surface area contributed by atoms with Crippen LogP contribution < -0.4 is 14.5 Å². The average molecular weight is 597 g/mol. The van der Waals surface area contributed by atoms with Gasteiger partial charge < -0.3 is 9.84 Å². The minimum Gasteiger partial charge on any atom is -0.504 e. The monoisotopic (exact) mass is 596 g/mol. The van der Waals surface area contributed by atoms with E-state index < -0.39 is 35.0 Å². The van der Waals surface area contributed by atoms with E-state index in [0.29, 0.717) is 28.4 Å². The summed E-state index contributed by atoms with van der Waals surface area (Å²) in [6, 6.07) is 20.4. The van der Waals surface area contributed by atoms with Crippen LogP contribution in [-0.2, 0) is 19.2 Å². The Morgan fingerprint density at radius 2 is 1.56 bits per heavy atom. The molecule has 43 heavy (non-hydrogen) atoms. The Hall–Kier alpha value is -4.43. The molecule has 1 saturated carbocycles. The van der Waals surface area contributed by atoms with Crippen LogP contribution in [-0.4, -0.2) is 35.8 Å². The number of rotatable bonds is 4. The number of carbonyl (C=O) groups is 4. The molecule has 2 heterocycles. The molecule has 9 heteroatoms. The van der Waals surface area contributed by atoms with Gasteiger partial charge in [0.25, 0.3) is 0 Å². The van der Waals surface area contributed by atoms with Crippen LogP contribution in [0, 0.1) is 29.1 Å². The molecule has 3 aromatic rings. The molecular weight excluding hydrogens is 568 g/mol. The summed E-state index contributed by atoms with van der Waals surface area (Å²) in [6.07, 6.45) is 2.57. The SMILES string of the molecule is COc1ccc(C2C3=CCC4C(=O)N(c5ccc(Cl)cc5)C(=O)C4C3CC3C(=O)N(c4ccccc4)C(=O)C32C)cc1O. The summed E-state index contributed by atoms with van der Waals surface area (Å²) in [7, 11) is 1.46. The molecule has 6 unspecified atom stereocenters. The third kappa shape index (κ3) is 3.82. The van der Waals surface area contributed by atoms with Gasteiger partial charge in [-0.1, -0.05) is 47.5 Å². The lowest BCUT2D eigenvalue weighted by Gasteiger charge is -2.49. The number of amides is 4. The molecular formula is C34H29ClN2O6. The van der Waals surface area contributed by atoms with Gasteiger partial charge >= 0.3 is 0 Å². The third-order valence-electron chi connectivity index (χ3n) is 9.91. The van der Waals surface area contributed by atoms with E-state index in [-0.39, 0.29) is 41.5 Å². The Labute approximate surface area is 253 Å². The second kappa shape index (κ2) is 9.81. The van der Waals surface area contributed by atoms with Crippen molar-refractivity contribution >= 4 is 46.6 Å². The Bertz CT molecular complexity index is 1720. The number of phenols is 1. The highest BCUT2D eigenvalue weighted by molar-refractivity contribution is 6.31. The lowest BCUT2D eigenvalue weighted by molar-refractivity contribution is -0.131. The lowest BCUT2D eigenvalue weighted by atomic mass is 9.51.